The number of nitrogens with zero attached hydrogens (tertiary/aromatic N) is 1. The number of esters is 1. The predicted molar refractivity (Wildman–Crippen MR) is 80.2 cm³/mol. The highest BCUT2D eigenvalue weighted by Gasteiger charge is 2.31. The number of ether oxygens (including phenoxy) is 2. The summed E-state index contributed by atoms with van der Waals surface area (Å²) in [6.45, 7) is 3.49. The molecule has 1 aromatic heterocycles. The Morgan fingerprint density at radius 2 is 1.95 bits per heavy atom. The molecule has 4 nitrogen and oxygen atoms in total. The van der Waals surface area contributed by atoms with Crippen LogP contribution in [0.4, 0.5) is 0 Å². The monoisotopic (exact) mass is 305 g/mol. The maximum atomic E-state index is 12.1. The number of carbonyl (C=O) groups is 1. The summed E-state index contributed by atoms with van der Waals surface area (Å²) in [5.41, 5.74) is -0.260. The van der Waals surface area contributed by atoms with Crippen LogP contribution in [0.2, 0.25) is 5.02 Å². The molecule has 0 bridgehead atoms. The van der Waals surface area contributed by atoms with Gasteiger partial charge in [0.1, 0.15) is 12.4 Å². The van der Waals surface area contributed by atoms with E-state index in [-0.39, 0.29) is 6.61 Å². The zero-order valence-corrected chi connectivity index (χ0v) is 12.6. The lowest BCUT2D eigenvalue weighted by Crippen LogP contribution is -2.39. The van der Waals surface area contributed by atoms with Crippen LogP contribution >= 0.6 is 11.6 Å². The molecule has 0 aliphatic rings. The molecular formula is C16H16ClNO3. The van der Waals surface area contributed by atoms with Gasteiger partial charge in [0, 0.05) is 23.0 Å². The molecule has 1 heterocycles. The van der Waals surface area contributed by atoms with E-state index in [4.69, 9.17) is 21.1 Å². The van der Waals surface area contributed by atoms with Crippen LogP contribution in [0.1, 0.15) is 19.4 Å². The van der Waals surface area contributed by atoms with Crippen LogP contribution < -0.4 is 4.74 Å². The molecule has 0 fully saturated rings. The molecule has 0 aliphatic carbocycles. The van der Waals surface area contributed by atoms with Crippen LogP contribution in [0.3, 0.4) is 0 Å². The van der Waals surface area contributed by atoms with Crippen LogP contribution in [0.5, 0.6) is 5.75 Å². The molecular weight excluding hydrogens is 290 g/mol. The average Bonchev–Trinajstić information content (AvgIpc) is 2.48. The maximum Gasteiger partial charge on any atom is 0.350 e. The molecule has 0 unspecified atom stereocenters. The van der Waals surface area contributed by atoms with E-state index in [1.807, 2.05) is 6.07 Å². The summed E-state index contributed by atoms with van der Waals surface area (Å²) in [4.78, 5) is 16.1. The molecule has 0 atom stereocenters. The molecule has 0 saturated heterocycles. The normalized spacial score (nSPS) is 11.0. The van der Waals surface area contributed by atoms with Gasteiger partial charge in [0.05, 0.1) is 0 Å². The third-order valence-electron chi connectivity index (χ3n) is 2.77. The van der Waals surface area contributed by atoms with E-state index in [2.05, 4.69) is 4.98 Å². The third-order valence-corrected chi connectivity index (χ3v) is 3.02. The van der Waals surface area contributed by atoms with E-state index in [9.17, 15) is 4.79 Å². The van der Waals surface area contributed by atoms with Crippen LogP contribution in [0.15, 0.2) is 48.8 Å². The smallest absolute Gasteiger partial charge is 0.350 e. The number of hydrogen-bond acceptors (Lipinski definition) is 4. The van der Waals surface area contributed by atoms with Crippen LogP contribution in [-0.4, -0.2) is 16.6 Å². The highest BCUT2D eigenvalue weighted by Crippen LogP contribution is 2.22. The molecule has 0 radical (unpaired) electrons. The van der Waals surface area contributed by atoms with Gasteiger partial charge in [-0.05, 0) is 44.2 Å². The SMILES string of the molecule is CC(C)(Oc1ccc(Cl)cc1)C(=O)OCc1cccnc1. The van der Waals surface area contributed by atoms with Gasteiger partial charge in [-0.2, -0.15) is 0 Å². The Bertz CT molecular complexity index is 597. The fourth-order valence-electron chi connectivity index (χ4n) is 1.65. The minimum absolute atomic E-state index is 0.167. The molecule has 0 aliphatic heterocycles. The Balaban J connectivity index is 1.95. The lowest BCUT2D eigenvalue weighted by atomic mass is 10.1. The van der Waals surface area contributed by atoms with Crippen molar-refractivity contribution in [3.05, 3.63) is 59.4 Å². The van der Waals surface area contributed by atoms with Crippen molar-refractivity contribution in [2.45, 2.75) is 26.1 Å². The van der Waals surface area contributed by atoms with Gasteiger partial charge in [0.2, 0.25) is 0 Å². The number of carbonyl (C=O) groups excluding carboxylic acids is 1. The highest BCUT2D eigenvalue weighted by molar-refractivity contribution is 6.30. The van der Waals surface area contributed by atoms with E-state index in [0.29, 0.717) is 10.8 Å². The average molecular weight is 306 g/mol. The van der Waals surface area contributed by atoms with Gasteiger partial charge in [-0.1, -0.05) is 17.7 Å². The van der Waals surface area contributed by atoms with Crippen molar-refractivity contribution in [2.24, 2.45) is 0 Å². The summed E-state index contributed by atoms with van der Waals surface area (Å²) in [6, 6.07) is 10.4. The van der Waals surface area contributed by atoms with Gasteiger partial charge < -0.3 is 9.47 Å². The largest absolute Gasteiger partial charge is 0.476 e. The zero-order valence-electron chi connectivity index (χ0n) is 11.9. The van der Waals surface area contributed by atoms with Crippen molar-refractivity contribution >= 4 is 17.6 Å². The maximum absolute atomic E-state index is 12.1. The zero-order chi connectivity index (χ0) is 15.3. The number of rotatable bonds is 5. The van der Waals surface area contributed by atoms with E-state index in [0.717, 1.165) is 5.56 Å². The van der Waals surface area contributed by atoms with Crippen molar-refractivity contribution in [3.63, 3.8) is 0 Å². The molecule has 21 heavy (non-hydrogen) atoms. The predicted octanol–water partition coefficient (Wildman–Crippen LogP) is 3.64. The van der Waals surface area contributed by atoms with Gasteiger partial charge in [0.25, 0.3) is 0 Å². The number of hydrogen-bond donors (Lipinski definition) is 0. The van der Waals surface area contributed by atoms with E-state index in [1.54, 1.807) is 56.6 Å². The summed E-state index contributed by atoms with van der Waals surface area (Å²) < 4.78 is 10.9. The van der Waals surface area contributed by atoms with Crippen molar-refractivity contribution in [1.82, 2.24) is 4.98 Å². The molecule has 2 aromatic rings. The topological polar surface area (TPSA) is 48.4 Å². The molecule has 0 amide bonds. The lowest BCUT2D eigenvalue weighted by Gasteiger charge is -2.24. The molecule has 1 aromatic carbocycles. The standard InChI is InChI=1S/C16H16ClNO3/c1-16(2,21-14-7-5-13(17)6-8-14)15(19)20-11-12-4-3-9-18-10-12/h3-10H,11H2,1-2H3. The van der Waals surface area contributed by atoms with E-state index >= 15 is 0 Å². The van der Waals surface area contributed by atoms with Crippen LogP contribution in [0, 0.1) is 0 Å². The third kappa shape index (κ3) is 4.46. The molecule has 0 spiro atoms. The second-order valence-corrected chi connectivity index (χ2v) is 5.44. The molecule has 0 N–H and O–H groups in total. The summed E-state index contributed by atoms with van der Waals surface area (Å²) in [5.74, 6) is 0.115. The summed E-state index contributed by atoms with van der Waals surface area (Å²) in [5, 5.41) is 0.610. The number of aromatic nitrogens is 1. The number of benzene rings is 1. The Hall–Kier alpha value is -2.07. The first kappa shape index (κ1) is 15.3. The first-order valence-electron chi connectivity index (χ1n) is 6.48. The van der Waals surface area contributed by atoms with Gasteiger partial charge in [-0.25, -0.2) is 4.79 Å². The fraction of sp³-hybridized carbons (Fsp3) is 0.250. The first-order valence-corrected chi connectivity index (χ1v) is 6.86. The first-order chi connectivity index (χ1) is 9.97. The second-order valence-electron chi connectivity index (χ2n) is 5.00. The molecule has 5 heteroatoms. The second kappa shape index (κ2) is 6.59. The van der Waals surface area contributed by atoms with E-state index < -0.39 is 11.6 Å². The highest BCUT2D eigenvalue weighted by atomic mass is 35.5. The summed E-state index contributed by atoms with van der Waals surface area (Å²) >= 11 is 5.81. The Morgan fingerprint density at radius 1 is 1.24 bits per heavy atom. The summed E-state index contributed by atoms with van der Waals surface area (Å²) in [7, 11) is 0. The van der Waals surface area contributed by atoms with Gasteiger partial charge in [0.15, 0.2) is 5.60 Å². The summed E-state index contributed by atoms with van der Waals surface area (Å²) in [6.07, 6.45) is 3.32. The van der Waals surface area contributed by atoms with Crippen molar-refractivity contribution in [2.75, 3.05) is 0 Å². The Labute approximate surface area is 128 Å². The van der Waals surface area contributed by atoms with Gasteiger partial charge in [-0.3, -0.25) is 4.98 Å². The fourth-order valence-corrected chi connectivity index (χ4v) is 1.77. The van der Waals surface area contributed by atoms with Crippen LogP contribution in [0.25, 0.3) is 0 Å². The van der Waals surface area contributed by atoms with Crippen molar-refractivity contribution < 1.29 is 14.3 Å². The molecule has 0 saturated carbocycles. The molecule has 110 valence electrons. The van der Waals surface area contributed by atoms with Crippen LogP contribution in [-0.2, 0) is 16.1 Å². The van der Waals surface area contributed by atoms with E-state index in [1.165, 1.54) is 0 Å². The Morgan fingerprint density at radius 3 is 2.57 bits per heavy atom. The van der Waals surface area contributed by atoms with Crippen molar-refractivity contribution in [1.29, 1.82) is 0 Å². The van der Waals surface area contributed by atoms with Gasteiger partial charge >= 0.3 is 5.97 Å². The quantitative estimate of drug-likeness (QED) is 0.791. The van der Waals surface area contributed by atoms with Crippen molar-refractivity contribution in [3.8, 4) is 5.75 Å². The minimum atomic E-state index is -1.09. The van der Waals surface area contributed by atoms with Gasteiger partial charge in [-0.15, -0.1) is 0 Å². The lowest BCUT2D eigenvalue weighted by molar-refractivity contribution is -0.160. The Kier molecular flexibility index (Phi) is 4.81. The molecule has 2 rings (SSSR count). The number of halogens is 1. The number of pyridine rings is 1. The minimum Gasteiger partial charge on any atom is -0.476 e.